The van der Waals surface area contributed by atoms with Crippen molar-refractivity contribution in [3.8, 4) is 0 Å². The average molecular weight is 301 g/mol. The minimum absolute atomic E-state index is 0.154. The molecule has 3 aliphatic heterocycles. The third kappa shape index (κ3) is 3.03. The van der Waals surface area contributed by atoms with E-state index in [-0.39, 0.29) is 11.3 Å². The second kappa shape index (κ2) is 5.91. The number of nitrogens with one attached hydrogen (secondary N) is 2. The maximum Gasteiger partial charge on any atom is 0.214 e. The zero-order chi connectivity index (χ0) is 14.2. The monoisotopic (exact) mass is 301 g/mol. The van der Waals surface area contributed by atoms with Crippen LogP contribution in [-0.2, 0) is 10.0 Å². The fourth-order valence-electron chi connectivity index (χ4n) is 4.15. The van der Waals surface area contributed by atoms with Gasteiger partial charge in [-0.25, -0.2) is 13.1 Å². The Morgan fingerprint density at radius 1 is 1.05 bits per heavy atom. The van der Waals surface area contributed by atoms with Crippen LogP contribution in [0.2, 0.25) is 0 Å². The van der Waals surface area contributed by atoms with Crippen molar-refractivity contribution in [3.05, 3.63) is 0 Å². The standard InChI is InChI=1S/C14H27N3O2S/c1-17-12-3-2-4-13(17)10-11(9-12)16-20(18,19)14-5-7-15-8-6-14/h11-16H,2-10H2,1H3. The molecule has 116 valence electrons. The van der Waals surface area contributed by atoms with Crippen LogP contribution in [0.3, 0.4) is 0 Å². The highest BCUT2D eigenvalue weighted by Gasteiger charge is 2.38. The molecule has 0 radical (unpaired) electrons. The molecule has 2 atom stereocenters. The van der Waals surface area contributed by atoms with Crippen molar-refractivity contribution in [1.29, 1.82) is 0 Å². The number of hydrogen-bond donors (Lipinski definition) is 2. The first kappa shape index (κ1) is 14.8. The molecule has 3 aliphatic rings. The van der Waals surface area contributed by atoms with E-state index in [9.17, 15) is 8.42 Å². The Bertz CT molecular complexity index is 420. The predicted molar refractivity (Wildman–Crippen MR) is 80.2 cm³/mol. The molecule has 0 amide bonds. The molecule has 0 aromatic rings. The zero-order valence-electron chi connectivity index (χ0n) is 12.3. The third-order valence-electron chi connectivity index (χ3n) is 5.40. The van der Waals surface area contributed by atoms with Crippen molar-refractivity contribution in [3.63, 3.8) is 0 Å². The predicted octanol–water partition coefficient (Wildman–Crippen LogP) is 0.673. The molecule has 3 saturated heterocycles. The summed E-state index contributed by atoms with van der Waals surface area (Å²) in [6, 6.07) is 1.30. The highest BCUT2D eigenvalue weighted by Crippen LogP contribution is 2.33. The Hall–Kier alpha value is -0.170. The summed E-state index contributed by atoms with van der Waals surface area (Å²) in [7, 11) is -0.940. The third-order valence-corrected chi connectivity index (χ3v) is 7.41. The fraction of sp³-hybridized carbons (Fsp3) is 1.00. The van der Waals surface area contributed by atoms with Crippen molar-refractivity contribution >= 4 is 10.0 Å². The molecule has 2 unspecified atom stereocenters. The highest BCUT2D eigenvalue weighted by molar-refractivity contribution is 7.90. The summed E-state index contributed by atoms with van der Waals surface area (Å²) < 4.78 is 28.0. The smallest absolute Gasteiger partial charge is 0.214 e. The molecule has 0 saturated carbocycles. The summed E-state index contributed by atoms with van der Waals surface area (Å²) in [5.74, 6) is 0. The Morgan fingerprint density at radius 3 is 2.25 bits per heavy atom. The van der Waals surface area contributed by atoms with Gasteiger partial charge >= 0.3 is 0 Å². The number of piperidine rings is 3. The van der Waals surface area contributed by atoms with Gasteiger partial charge in [0.25, 0.3) is 0 Å². The largest absolute Gasteiger partial charge is 0.317 e. The molecular formula is C14H27N3O2S. The van der Waals surface area contributed by atoms with Crippen LogP contribution >= 0.6 is 0 Å². The summed E-state index contributed by atoms with van der Waals surface area (Å²) in [6.45, 7) is 1.65. The lowest BCUT2D eigenvalue weighted by molar-refractivity contribution is 0.0535. The van der Waals surface area contributed by atoms with Crippen LogP contribution in [0.1, 0.15) is 44.9 Å². The maximum atomic E-state index is 12.5. The average Bonchev–Trinajstić information content (AvgIpc) is 2.41. The number of sulfonamides is 1. The van der Waals surface area contributed by atoms with E-state index in [0.29, 0.717) is 12.1 Å². The van der Waals surface area contributed by atoms with Gasteiger partial charge in [0, 0.05) is 18.1 Å². The fourth-order valence-corrected chi connectivity index (χ4v) is 5.85. The van der Waals surface area contributed by atoms with Gasteiger partial charge in [0.05, 0.1) is 5.25 Å². The van der Waals surface area contributed by atoms with Crippen molar-refractivity contribution in [2.45, 2.75) is 68.3 Å². The van der Waals surface area contributed by atoms with Crippen molar-refractivity contribution in [2.24, 2.45) is 0 Å². The Balaban J connectivity index is 1.62. The van der Waals surface area contributed by atoms with Gasteiger partial charge < -0.3 is 10.2 Å². The van der Waals surface area contributed by atoms with E-state index in [4.69, 9.17) is 0 Å². The number of nitrogens with zero attached hydrogens (tertiary/aromatic N) is 1. The minimum Gasteiger partial charge on any atom is -0.317 e. The van der Waals surface area contributed by atoms with E-state index in [1.807, 2.05) is 0 Å². The molecule has 2 N–H and O–H groups in total. The van der Waals surface area contributed by atoms with E-state index in [1.54, 1.807) is 0 Å². The van der Waals surface area contributed by atoms with Gasteiger partial charge in [-0.3, -0.25) is 0 Å². The molecule has 20 heavy (non-hydrogen) atoms. The molecule has 0 aromatic heterocycles. The van der Waals surface area contributed by atoms with E-state index >= 15 is 0 Å². The first-order valence-corrected chi connectivity index (χ1v) is 9.54. The molecule has 6 heteroatoms. The Labute approximate surface area is 122 Å². The number of fused-ring (bicyclic) bond motifs is 2. The van der Waals surface area contributed by atoms with Gasteiger partial charge in [0.2, 0.25) is 10.0 Å². The molecule has 0 aliphatic carbocycles. The summed E-state index contributed by atoms with van der Waals surface area (Å²) in [4.78, 5) is 2.47. The van der Waals surface area contributed by atoms with Crippen LogP contribution in [0.5, 0.6) is 0 Å². The van der Waals surface area contributed by atoms with Gasteiger partial charge in [-0.1, -0.05) is 6.42 Å². The first-order valence-electron chi connectivity index (χ1n) is 8.00. The molecule has 2 bridgehead atoms. The van der Waals surface area contributed by atoms with Gasteiger partial charge in [-0.2, -0.15) is 0 Å². The summed E-state index contributed by atoms with van der Waals surface area (Å²) >= 11 is 0. The van der Waals surface area contributed by atoms with E-state index < -0.39 is 10.0 Å². The molecule has 3 rings (SSSR count). The lowest BCUT2D eigenvalue weighted by Gasteiger charge is -2.47. The van der Waals surface area contributed by atoms with Crippen LogP contribution in [0, 0.1) is 0 Å². The van der Waals surface area contributed by atoms with Crippen LogP contribution in [0.4, 0.5) is 0 Å². The topological polar surface area (TPSA) is 61.4 Å². The van der Waals surface area contributed by atoms with E-state index in [2.05, 4.69) is 22.0 Å². The Kier molecular flexibility index (Phi) is 4.36. The Morgan fingerprint density at radius 2 is 1.65 bits per heavy atom. The lowest BCUT2D eigenvalue weighted by atomic mass is 9.83. The molecule has 0 spiro atoms. The normalized spacial score (nSPS) is 37.0. The van der Waals surface area contributed by atoms with Crippen LogP contribution in [0.25, 0.3) is 0 Å². The van der Waals surface area contributed by atoms with Crippen molar-refractivity contribution in [2.75, 3.05) is 20.1 Å². The molecule has 5 nitrogen and oxygen atoms in total. The summed E-state index contributed by atoms with van der Waals surface area (Å²) in [5, 5.41) is 3.04. The van der Waals surface area contributed by atoms with Crippen LogP contribution in [0.15, 0.2) is 0 Å². The second-order valence-corrected chi connectivity index (χ2v) is 8.68. The van der Waals surface area contributed by atoms with Crippen LogP contribution < -0.4 is 10.0 Å². The second-order valence-electron chi connectivity index (χ2n) is 6.68. The SMILES string of the molecule is CN1C2CCCC1CC(NS(=O)(=O)C1CCNCC1)C2. The molecular weight excluding hydrogens is 274 g/mol. The van der Waals surface area contributed by atoms with E-state index in [1.165, 1.54) is 19.3 Å². The van der Waals surface area contributed by atoms with Crippen molar-refractivity contribution < 1.29 is 8.42 Å². The summed E-state index contributed by atoms with van der Waals surface area (Å²) in [5.41, 5.74) is 0. The molecule has 3 heterocycles. The van der Waals surface area contributed by atoms with Crippen LogP contribution in [-0.4, -0.2) is 56.8 Å². The summed E-state index contributed by atoms with van der Waals surface area (Å²) in [6.07, 6.45) is 7.20. The lowest BCUT2D eigenvalue weighted by Crippen LogP contribution is -2.56. The number of hydrogen-bond acceptors (Lipinski definition) is 4. The minimum atomic E-state index is -3.14. The van der Waals surface area contributed by atoms with Gasteiger partial charge in [-0.15, -0.1) is 0 Å². The first-order chi connectivity index (χ1) is 9.56. The quantitative estimate of drug-likeness (QED) is 0.804. The maximum absolute atomic E-state index is 12.5. The van der Waals surface area contributed by atoms with Gasteiger partial charge in [0.15, 0.2) is 0 Å². The van der Waals surface area contributed by atoms with Gasteiger partial charge in [-0.05, 0) is 58.7 Å². The zero-order valence-corrected chi connectivity index (χ0v) is 13.2. The number of rotatable bonds is 3. The molecule has 0 aromatic carbocycles. The van der Waals surface area contributed by atoms with E-state index in [0.717, 1.165) is 38.8 Å². The van der Waals surface area contributed by atoms with Crippen molar-refractivity contribution in [1.82, 2.24) is 14.9 Å². The highest BCUT2D eigenvalue weighted by atomic mass is 32.2. The van der Waals surface area contributed by atoms with Gasteiger partial charge in [0.1, 0.15) is 0 Å². The molecule has 3 fully saturated rings.